The quantitative estimate of drug-likeness (QED) is 0.800. The highest BCUT2D eigenvalue weighted by Gasteiger charge is 2.48. The summed E-state index contributed by atoms with van der Waals surface area (Å²) in [6.07, 6.45) is 1.73. The van der Waals surface area contributed by atoms with E-state index in [0.717, 1.165) is 18.0 Å². The van der Waals surface area contributed by atoms with E-state index in [4.69, 9.17) is 0 Å². The zero-order valence-corrected chi connectivity index (χ0v) is 13.7. The second kappa shape index (κ2) is 6.22. The van der Waals surface area contributed by atoms with Gasteiger partial charge in [-0.15, -0.1) is 0 Å². The van der Waals surface area contributed by atoms with Crippen LogP contribution in [0.2, 0.25) is 0 Å². The Balaban J connectivity index is 1.68. The van der Waals surface area contributed by atoms with E-state index >= 15 is 0 Å². The number of amides is 1. The maximum Gasteiger partial charge on any atom is 0.345 e. The molecule has 1 aliphatic heterocycles. The number of hydrogen-bond acceptors (Lipinski definition) is 4. The molecule has 3 rings (SSSR count). The lowest BCUT2D eigenvalue weighted by Crippen LogP contribution is -2.41. The molecule has 24 heavy (non-hydrogen) atoms. The Morgan fingerprint density at radius 3 is 2.92 bits per heavy atom. The Kier molecular flexibility index (Phi) is 4.26. The van der Waals surface area contributed by atoms with Gasteiger partial charge in [0.1, 0.15) is 0 Å². The molecule has 2 atom stereocenters. The normalized spacial score (nSPS) is 21.9. The van der Waals surface area contributed by atoms with Crippen LogP contribution in [-0.2, 0) is 20.9 Å². The fourth-order valence-corrected chi connectivity index (χ4v) is 3.13. The van der Waals surface area contributed by atoms with Gasteiger partial charge in [0.25, 0.3) is 0 Å². The average Bonchev–Trinajstić information content (AvgIpc) is 3.18. The van der Waals surface area contributed by atoms with Crippen LogP contribution in [0.5, 0.6) is 0 Å². The molecule has 2 aromatic rings. The molecule has 1 fully saturated rings. The third kappa shape index (κ3) is 2.86. The van der Waals surface area contributed by atoms with Crippen molar-refractivity contribution in [1.82, 2.24) is 14.7 Å². The first kappa shape index (κ1) is 16.4. The van der Waals surface area contributed by atoms with Crippen molar-refractivity contribution < 1.29 is 18.7 Å². The molecule has 0 aliphatic carbocycles. The first-order chi connectivity index (χ1) is 11.4. The number of methoxy groups -OCH3 is 1. The summed E-state index contributed by atoms with van der Waals surface area (Å²) in [6, 6.07) is 7.75. The van der Waals surface area contributed by atoms with Crippen molar-refractivity contribution in [1.29, 1.82) is 0 Å². The van der Waals surface area contributed by atoms with Gasteiger partial charge in [-0.2, -0.15) is 5.10 Å². The van der Waals surface area contributed by atoms with Crippen molar-refractivity contribution in [3.8, 4) is 0 Å². The summed E-state index contributed by atoms with van der Waals surface area (Å²) < 4.78 is 20.7. The molecule has 1 aromatic carbocycles. The predicted octanol–water partition coefficient (Wildman–Crippen LogP) is 1.79. The van der Waals surface area contributed by atoms with Crippen LogP contribution in [0.25, 0.3) is 10.9 Å². The minimum Gasteiger partial charge on any atom is -0.467 e. The van der Waals surface area contributed by atoms with E-state index < -0.39 is 11.6 Å². The van der Waals surface area contributed by atoms with Gasteiger partial charge < -0.3 is 9.64 Å². The van der Waals surface area contributed by atoms with E-state index in [1.165, 1.54) is 4.90 Å². The van der Waals surface area contributed by atoms with Gasteiger partial charge in [-0.05, 0) is 6.07 Å². The van der Waals surface area contributed by atoms with Crippen LogP contribution in [0.4, 0.5) is 4.39 Å². The van der Waals surface area contributed by atoms with Gasteiger partial charge in [0, 0.05) is 18.4 Å². The minimum atomic E-state index is -2.09. The molecule has 0 spiro atoms. The summed E-state index contributed by atoms with van der Waals surface area (Å²) in [4.78, 5) is 25.5. The molecule has 7 heteroatoms. The van der Waals surface area contributed by atoms with Crippen LogP contribution in [0.15, 0.2) is 30.5 Å². The highest BCUT2D eigenvalue weighted by atomic mass is 19.1. The smallest absolute Gasteiger partial charge is 0.345 e. The fourth-order valence-electron chi connectivity index (χ4n) is 3.13. The van der Waals surface area contributed by atoms with Gasteiger partial charge in [0.05, 0.1) is 37.8 Å². The van der Waals surface area contributed by atoms with Crippen molar-refractivity contribution in [2.75, 3.05) is 20.2 Å². The molecule has 0 saturated carbocycles. The Labute approximate surface area is 139 Å². The molecule has 2 heterocycles. The highest BCUT2D eigenvalue weighted by molar-refractivity contribution is 5.84. The number of benzene rings is 1. The number of carbonyl (C=O) groups is 2. The van der Waals surface area contributed by atoms with Crippen LogP contribution in [0, 0.1) is 5.92 Å². The largest absolute Gasteiger partial charge is 0.467 e. The summed E-state index contributed by atoms with van der Waals surface area (Å²) in [6.45, 7) is 2.16. The average molecular weight is 333 g/mol. The summed E-state index contributed by atoms with van der Waals surface area (Å²) in [5.74, 6) is -1.46. The Morgan fingerprint density at radius 1 is 1.42 bits per heavy atom. The van der Waals surface area contributed by atoms with E-state index in [-0.39, 0.29) is 31.3 Å². The number of hydrogen-bond donors (Lipinski definition) is 0. The Morgan fingerprint density at radius 2 is 2.17 bits per heavy atom. The van der Waals surface area contributed by atoms with Gasteiger partial charge in [0.15, 0.2) is 0 Å². The molecule has 0 unspecified atom stereocenters. The second-order valence-corrected chi connectivity index (χ2v) is 6.25. The first-order valence-corrected chi connectivity index (χ1v) is 7.91. The fraction of sp³-hybridized carbons (Fsp3) is 0.471. The molecule has 0 radical (unpaired) electrons. The number of alkyl halides is 1. The number of rotatable bonds is 4. The first-order valence-electron chi connectivity index (χ1n) is 7.91. The molecule has 1 aromatic heterocycles. The summed E-state index contributed by atoms with van der Waals surface area (Å²) in [5, 5.41) is 5.32. The second-order valence-electron chi connectivity index (χ2n) is 6.25. The number of nitrogens with zero attached hydrogens (tertiary/aromatic N) is 3. The SMILES string of the molecule is COC(=O)[C@]1(F)CCN(C(=O)[C@@H](C)Cn2ncc3ccccc32)C1. The van der Waals surface area contributed by atoms with Crippen LogP contribution < -0.4 is 0 Å². The van der Waals surface area contributed by atoms with Gasteiger partial charge in [-0.3, -0.25) is 9.48 Å². The van der Waals surface area contributed by atoms with Crippen molar-refractivity contribution in [3.63, 3.8) is 0 Å². The lowest BCUT2D eigenvalue weighted by Gasteiger charge is -2.22. The molecule has 0 bridgehead atoms. The minimum absolute atomic E-state index is 0.0250. The third-order valence-corrected chi connectivity index (χ3v) is 4.50. The van der Waals surface area contributed by atoms with Crippen LogP contribution in [0.1, 0.15) is 13.3 Å². The van der Waals surface area contributed by atoms with E-state index in [1.54, 1.807) is 17.8 Å². The number of esters is 1. The van der Waals surface area contributed by atoms with Gasteiger partial charge >= 0.3 is 5.97 Å². The molecule has 128 valence electrons. The molecule has 6 nitrogen and oxygen atoms in total. The lowest BCUT2D eigenvalue weighted by molar-refractivity contribution is -0.154. The van der Waals surface area contributed by atoms with Crippen LogP contribution >= 0.6 is 0 Å². The molecule has 0 N–H and O–H groups in total. The summed E-state index contributed by atoms with van der Waals surface area (Å²) in [5.41, 5.74) is -1.14. The molecular weight excluding hydrogens is 313 g/mol. The molecule has 1 saturated heterocycles. The Hall–Kier alpha value is -2.44. The van der Waals surface area contributed by atoms with E-state index in [2.05, 4.69) is 9.84 Å². The Bertz CT molecular complexity index is 775. The molecule has 1 aliphatic rings. The zero-order chi connectivity index (χ0) is 17.3. The number of fused-ring (bicyclic) bond motifs is 1. The topological polar surface area (TPSA) is 64.4 Å². The van der Waals surface area contributed by atoms with Crippen LogP contribution in [-0.4, -0.2) is 52.4 Å². The van der Waals surface area contributed by atoms with Crippen molar-refractivity contribution >= 4 is 22.8 Å². The van der Waals surface area contributed by atoms with E-state index in [1.807, 2.05) is 24.3 Å². The molecule has 1 amide bonds. The van der Waals surface area contributed by atoms with Crippen molar-refractivity contribution in [2.45, 2.75) is 25.6 Å². The van der Waals surface area contributed by atoms with E-state index in [0.29, 0.717) is 6.54 Å². The maximum absolute atomic E-state index is 14.5. The van der Waals surface area contributed by atoms with Crippen molar-refractivity contribution in [2.24, 2.45) is 5.92 Å². The van der Waals surface area contributed by atoms with E-state index in [9.17, 15) is 14.0 Å². The third-order valence-electron chi connectivity index (χ3n) is 4.50. The van der Waals surface area contributed by atoms with Gasteiger partial charge in [-0.25, -0.2) is 9.18 Å². The predicted molar refractivity (Wildman–Crippen MR) is 85.9 cm³/mol. The van der Waals surface area contributed by atoms with Gasteiger partial charge in [0.2, 0.25) is 11.6 Å². The maximum atomic E-state index is 14.5. The number of carbonyl (C=O) groups excluding carboxylic acids is 2. The lowest BCUT2D eigenvalue weighted by atomic mass is 10.1. The highest BCUT2D eigenvalue weighted by Crippen LogP contribution is 2.28. The summed E-state index contributed by atoms with van der Waals surface area (Å²) in [7, 11) is 1.15. The number of aromatic nitrogens is 2. The van der Waals surface area contributed by atoms with Gasteiger partial charge in [-0.1, -0.05) is 25.1 Å². The zero-order valence-electron chi connectivity index (χ0n) is 13.7. The number of halogens is 1. The standard InChI is InChI=1S/C17H20FN3O3/c1-12(10-21-14-6-4-3-5-13(14)9-19-21)15(22)20-8-7-17(18,11-20)16(23)24-2/h3-6,9,12H,7-8,10-11H2,1-2H3/t12-,17-/m0/s1. The number of ether oxygens (including phenoxy) is 1. The summed E-state index contributed by atoms with van der Waals surface area (Å²) >= 11 is 0. The van der Waals surface area contributed by atoms with Crippen molar-refractivity contribution in [3.05, 3.63) is 30.5 Å². The number of para-hydroxylation sites is 1. The van der Waals surface area contributed by atoms with Crippen LogP contribution in [0.3, 0.4) is 0 Å². The molecular formula is C17H20FN3O3. The number of likely N-dealkylation sites (tertiary alicyclic amines) is 1. The monoisotopic (exact) mass is 333 g/mol.